The lowest BCUT2D eigenvalue weighted by atomic mass is 10.1. The van der Waals surface area contributed by atoms with Crippen molar-refractivity contribution in [2.45, 2.75) is 24.2 Å². The number of hydrogen-bond donors (Lipinski definition) is 1. The van der Waals surface area contributed by atoms with Gasteiger partial charge in [-0.05, 0) is 43.5 Å². The highest BCUT2D eigenvalue weighted by Gasteiger charge is 2.24. The molecule has 1 aliphatic rings. The van der Waals surface area contributed by atoms with Crippen molar-refractivity contribution in [3.8, 4) is 0 Å². The molecule has 2 aromatic carbocycles. The second kappa shape index (κ2) is 7.24. The van der Waals surface area contributed by atoms with Crippen molar-refractivity contribution in [1.82, 2.24) is 13.6 Å². The summed E-state index contributed by atoms with van der Waals surface area (Å²) < 4.78 is 36.7. The van der Waals surface area contributed by atoms with E-state index in [1.807, 2.05) is 0 Å². The first-order valence-corrected chi connectivity index (χ1v) is 10.9. The fraction of sp³-hybridized carbons (Fsp3) is 0.278. The lowest BCUT2D eigenvalue weighted by Crippen LogP contribution is -2.36. The third kappa shape index (κ3) is 3.52. The highest BCUT2D eigenvalue weighted by molar-refractivity contribution is 7.93. The number of likely N-dealkylation sites (tertiary alicyclic amines) is 1. The topological polar surface area (TPSA) is 92.3 Å². The zero-order valence-corrected chi connectivity index (χ0v) is 16.1. The second-order valence-electron chi connectivity index (χ2n) is 6.39. The van der Waals surface area contributed by atoms with E-state index in [2.05, 4.69) is 13.5 Å². The van der Waals surface area contributed by atoms with Crippen molar-refractivity contribution in [2.24, 2.45) is 0 Å². The number of nitrogens with one attached hydrogen (secondary N) is 1. The number of aromatic nitrogens is 2. The Morgan fingerprint density at radius 2 is 1.78 bits per heavy atom. The summed E-state index contributed by atoms with van der Waals surface area (Å²) in [6.07, 6.45) is 3.06. The van der Waals surface area contributed by atoms with Crippen LogP contribution >= 0.6 is 11.7 Å². The Morgan fingerprint density at radius 1 is 1.00 bits per heavy atom. The molecule has 2 heterocycles. The van der Waals surface area contributed by atoms with E-state index in [0.717, 1.165) is 31.0 Å². The Bertz CT molecular complexity index is 1090. The van der Waals surface area contributed by atoms with Gasteiger partial charge in [0, 0.05) is 13.1 Å². The molecule has 1 aliphatic heterocycles. The number of amides is 1. The van der Waals surface area contributed by atoms with Crippen LogP contribution in [0.25, 0.3) is 11.0 Å². The molecule has 0 saturated carbocycles. The number of fused-ring (bicyclic) bond motifs is 1. The molecule has 0 radical (unpaired) electrons. The van der Waals surface area contributed by atoms with Gasteiger partial charge in [0.15, 0.2) is 0 Å². The Balaban J connectivity index is 1.68. The van der Waals surface area contributed by atoms with Gasteiger partial charge in [0.1, 0.15) is 15.9 Å². The maximum Gasteiger partial charge on any atom is 0.264 e. The number of nitrogens with zero attached hydrogens (tertiary/aromatic N) is 3. The Morgan fingerprint density at radius 3 is 2.59 bits per heavy atom. The number of piperidine rings is 1. The number of para-hydroxylation sites is 1. The Kier molecular flexibility index (Phi) is 4.79. The van der Waals surface area contributed by atoms with Crippen molar-refractivity contribution >= 4 is 44.4 Å². The van der Waals surface area contributed by atoms with Crippen LogP contribution < -0.4 is 4.72 Å². The van der Waals surface area contributed by atoms with Crippen LogP contribution in [0.15, 0.2) is 47.4 Å². The van der Waals surface area contributed by atoms with Gasteiger partial charge in [-0.25, -0.2) is 8.42 Å². The lowest BCUT2D eigenvalue weighted by Gasteiger charge is -2.27. The SMILES string of the molecule is O=C(c1ccccc1NS(=O)(=O)c1cccc2nsnc12)N1CCCCC1. The fourth-order valence-corrected chi connectivity index (χ4v) is 5.07. The van der Waals surface area contributed by atoms with Crippen molar-refractivity contribution in [2.75, 3.05) is 17.8 Å². The van der Waals surface area contributed by atoms with Crippen LogP contribution in [-0.2, 0) is 10.0 Å². The first kappa shape index (κ1) is 17.9. The van der Waals surface area contributed by atoms with Crippen LogP contribution in [0.4, 0.5) is 5.69 Å². The van der Waals surface area contributed by atoms with E-state index in [-0.39, 0.29) is 16.5 Å². The van der Waals surface area contributed by atoms with Crippen molar-refractivity contribution in [3.05, 3.63) is 48.0 Å². The van der Waals surface area contributed by atoms with Crippen molar-refractivity contribution in [3.63, 3.8) is 0 Å². The summed E-state index contributed by atoms with van der Waals surface area (Å²) in [5.74, 6) is -0.151. The largest absolute Gasteiger partial charge is 0.339 e. The second-order valence-corrected chi connectivity index (χ2v) is 8.57. The maximum atomic E-state index is 13.0. The van der Waals surface area contributed by atoms with Crippen LogP contribution in [0.3, 0.4) is 0 Å². The normalized spacial score (nSPS) is 15.0. The Labute approximate surface area is 161 Å². The van der Waals surface area contributed by atoms with Gasteiger partial charge in [-0.15, -0.1) is 0 Å². The maximum absolute atomic E-state index is 13.0. The fourth-order valence-electron chi connectivity index (χ4n) is 3.22. The third-order valence-corrected chi connectivity index (χ3v) is 6.52. The first-order valence-electron chi connectivity index (χ1n) is 8.69. The van der Waals surface area contributed by atoms with Gasteiger partial charge in [-0.3, -0.25) is 9.52 Å². The zero-order chi connectivity index (χ0) is 18.9. The van der Waals surface area contributed by atoms with Gasteiger partial charge in [-0.2, -0.15) is 8.75 Å². The molecule has 0 bridgehead atoms. The summed E-state index contributed by atoms with van der Waals surface area (Å²) in [4.78, 5) is 14.7. The number of benzene rings is 2. The van der Waals surface area contributed by atoms with Crippen molar-refractivity contribution in [1.29, 1.82) is 0 Å². The molecule has 4 rings (SSSR count). The molecule has 27 heavy (non-hydrogen) atoms. The molecule has 1 N–H and O–H groups in total. The van der Waals surface area contributed by atoms with Crippen LogP contribution in [0.2, 0.25) is 0 Å². The predicted molar refractivity (Wildman–Crippen MR) is 104 cm³/mol. The number of sulfonamides is 1. The monoisotopic (exact) mass is 402 g/mol. The van der Waals surface area contributed by atoms with Crippen LogP contribution in [-0.4, -0.2) is 41.1 Å². The first-order chi connectivity index (χ1) is 13.1. The van der Waals surface area contributed by atoms with Gasteiger partial charge in [0.25, 0.3) is 15.9 Å². The van der Waals surface area contributed by atoms with Crippen molar-refractivity contribution < 1.29 is 13.2 Å². The third-order valence-electron chi connectivity index (χ3n) is 4.58. The highest BCUT2D eigenvalue weighted by atomic mass is 32.2. The average Bonchev–Trinajstić information content (AvgIpc) is 3.17. The molecule has 0 aliphatic carbocycles. The molecular formula is C18H18N4O3S2. The van der Waals surface area contributed by atoms with E-state index in [1.54, 1.807) is 41.3 Å². The van der Waals surface area contributed by atoms with Crippen LogP contribution in [0.5, 0.6) is 0 Å². The Hall–Kier alpha value is -2.52. The van der Waals surface area contributed by atoms with E-state index in [1.165, 1.54) is 6.07 Å². The highest BCUT2D eigenvalue weighted by Crippen LogP contribution is 2.26. The molecule has 0 spiro atoms. The molecule has 7 nitrogen and oxygen atoms in total. The van der Waals surface area contributed by atoms with Gasteiger partial charge in [-0.1, -0.05) is 18.2 Å². The summed E-state index contributed by atoms with van der Waals surface area (Å²) in [6.45, 7) is 1.40. The van der Waals surface area contributed by atoms with E-state index >= 15 is 0 Å². The summed E-state index contributed by atoms with van der Waals surface area (Å²) >= 11 is 0.963. The molecular weight excluding hydrogens is 384 g/mol. The minimum Gasteiger partial charge on any atom is -0.339 e. The molecule has 9 heteroatoms. The van der Waals surface area contributed by atoms with E-state index in [0.29, 0.717) is 29.7 Å². The van der Waals surface area contributed by atoms with Crippen LogP contribution in [0.1, 0.15) is 29.6 Å². The summed E-state index contributed by atoms with van der Waals surface area (Å²) in [7, 11) is -3.91. The predicted octanol–water partition coefficient (Wildman–Crippen LogP) is 3.12. The van der Waals surface area contributed by atoms with Crippen LogP contribution in [0, 0.1) is 0 Å². The smallest absolute Gasteiger partial charge is 0.264 e. The molecule has 1 amide bonds. The summed E-state index contributed by atoms with van der Waals surface area (Å²) in [6, 6.07) is 11.5. The van der Waals surface area contributed by atoms with E-state index in [9.17, 15) is 13.2 Å². The number of carbonyl (C=O) groups is 1. The van der Waals surface area contributed by atoms with E-state index < -0.39 is 10.0 Å². The molecule has 1 aromatic heterocycles. The molecule has 1 saturated heterocycles. The summed E-state index contributed by atoms with van der Waals surface area (Å²) in [5.41, 5.74) is 1.48. The van der Waals surface area contributed by atoms with E-state index in [4.69, 9.17) is 0 Å². The molecule has 0 atom stereocenters. The van der Waals surface area contributed by atoms with Gasteiger partial charge in [0.2, 0.25) is 0 Å². The number of anilines is 1. The zero-order valence-electron chi connectivity index (χ0n) is 14.5. The minimum atomic E-state index is -3.91. The lowest BCUT2D eigenvalue weighted by molar-refractivity contribution is 0.0725. The standard InChI is InChI=1S/C18H18N4O3S2/c23-18(22-11-4-1-5-12-22)13-7-2-3-8-14(13)21-27(24,25)16-10-6-9-15-17(16)20-26-19-15/h2-3,6-10,21H,1,4-5,11-12H2. The van der Waals surface area contributed by atoms with Gasteiger partial charge < -0.3 is 4.90 Å². The minimum absolute atomic E-state index is 0.0500. The number of hydrogen-bond acceptors (Lipinski definition) is 6. The molecule has 140 valence electrons. The quantitative estimate of drug-likeness (QED) is 0.724. The molecule has 1 fully saturated rings. The number of carbonyl (C=O) groups excluding carboxylic acids is 1. The number of rotatable bonds is 4. The summed E-state index contributed by atoms with van der Waals surface area (Å²) in [5, 5.41) is 0. The van der Waals surface area contributed by atoms with Gasteiger partial charge in [0.05, 0.1) is 23.0 Å². The van der Waals surface area contributed by atoms with Gasteiger partial charge >= 0.3 is 0 Å². The average molecular weight is 403 g/mol. The molecule has 3 aromatic rings. The molecule has 0 unspecified atom stereocenters.